The van der Waals surface area contributed by atoms with Crippen molar-refractivity contribution >= 4 is 11.6 Å². The van der Waals surface area contributed by atoms with Crippen molar-refractivity contribution in [1.82, 2.24) is 9.97 Å². The van der Waals surface area contributed by atoms with Gasteiger partial charge in [0.15, 0.2) is 5.75 Å². The second-order valence-electron chi connectivity index (χ2n) is 4.91. The van der Waals surface area contributed by atoms with Crippen molar-refractivity contribution in [1.29, 1.82) is 0 Å². The molecule has 0 aliphatic rings. The molecule has 0 spiro atoms. The molecule has 0 aliphatic heterocycles. The first-order valence-electron chi connectivity index (χ1n) is 6.51. The van der Waals surface area contributed by atoms with Crippen LogP contribution in [0.1, 0.15) is 36.8 Å². The fourth-order valence-electron chi connectivity index (χ4n) is 1.74. The summed E-state index contributed by atoms with van der Waals surface area (Å²) in [6.07, 6.45) is 1.68. The summed E-state index contributed by atoms with van der Waals surface area (Å²) >= 11 is 6.00. The van der Waals surface area contributed by atoms with Crippen molar-refractivity contribution in [3.8, 4) is 11.5 Å². The van der Waals surface area contributed by atoms with E-state index in [0.29, 0.717) is 28.8 Å². The second kappa shape index (κ2) is 6.20. The zero-order chi connectivity index (χ0) is 14.7. The first kappa shape index (κ1) is 14.8. The van der Waals surface area contributed by atoms with E-state index in [9.17, 15) is 0 Å². The van der Waals surface area contributed by atoms with Gasteiger partial charge >= 0.3 is 0 Å². The summed E-state index contributed by atoms with van der Waals surface area (Å²) in [6, 6.07) is 5.49. The lowest BCUT2D eigenvalue weighted by Gasteiger charge is -2.12. The molecule has 1 aromatic carbocycles. The molecule has 0 saturated carbocycles. The van der Waals surface area contributed by atoms with Gasteiger partial charge in [0.05, 0.1) is 6.20 Å². The number of hydrogen-bond acceptors (Lipinski definition) is 4. The molecule has 0 fully saturated rings. The van der Waals surface area contributed by atoms with Gasteiger partial charge in [0, 0.05) is 17.5 Å². The van der Waals surface area contributed by atoms with Crippen LogP contribution in [-0.2, 0) is 6.54 Å². The molecular weight excluding hydrogens is 274 g/mol. The molecule has 5 heteroatoms. The van der Waals surface area contributed by atoms with Gasteiger partial charge in [-0.15, -0.1) is 0 Å². The molecule has 0 atom stereocenters. The van der Waals surface area contributed by atoms with Gasteiger partial charge in [0.2, 0.25) is 0 Å². The fourth-order valence-corrected chi connectivity index (χ4v) is 1.86. The normalized spacial score (nSPS) is 10.9. The first-order valence-corrected chi connectivity index (χ1v) is 6.89. The highest BCUT2D eigenvalue weighted by Gasteiger charge is 2.11. The predicted molar refractivity (Wildman–Crippen MR) is 80.3 cm³/mol. The lowest BCUT2D eigenvalue weighted by molar-refractivity contribution is 0.467. The summed E-state index contributed by atoms with van der Waals surface area (Å²) < 4.78 is 5.81. The fraction of sp³-hybridized carbons (Fsp3) is 0.333. The molecule has 0 aliphatic carbocycles. The number of nitrogens with zero attached hydrogens (tertiary/aromatic N) is 2. The van der Waals surface area contributed by atoms with Crippen LogP contribution in [0.15, 0.2) is 24.4 Å². The zero-order valence-electron chi connectivity index (χ0n) is 11.9. The van der Waals surface area contributed by atoms with Gasteiger partial charge in [-0.05, 0) is 30.7 Å². The Morgan fingerprint density at radius 3 is 2.70 bits per heavy atom. The van der Waals surface area contributed by atoms with E-state index in [1.165, 1.54) is 0 Å². The summed E-state index contributed by atoms with van der Waals surface area (Å²) in [5.74, 6) is 2.30. The van der Waals surface area contributed by atoms with Crippen LogP contribution in [0, 0.1) is 6.92 Å². The summed E-state index contributed by atoms with van der Waals surface area (Å²) in [5, 5.41) is 0.711. The average molecular weight is 292 g/mol. The summed E-state index contributed by atoms with van der Waals surface area (Å²) in [7, 11) is 0. The third-order valence-electron chi connectivity index (χ3n) is 2.91. The second-order valence-corrected chi connectivity index (χ2v) is 5.32. The molecule has 20 heavy (non-hydrogen) atoms. The number of hydrogen-bond donors (Lipinski definition) is 1. The van der Waals surface area contributed by atoms with Gasteiger partial charge in [-0.3, -0.25) is 0 Å². The van der Waals surface area contributed by atoms with Crippen LogP contribution in [0.4, 0.5) is 0 Å². The molecule has 4 nitrogen and oxygen atoms in total. The van der Waals surface area contributed by atoms with E-state index in [2.05, 4.69) is 9.97 Å². The van der Waals surface area contributed by atoms with Crippen LogP contribution in [0.25, 0.3) is 0 Å². The van der Waals surface area contributed by atoms with E-state index in [-0.39, 0.29) is 5.92 Å². The number of ether oxygens (including phenoxy) is 1. The van der Waals surface area contributed by atoms with Crippen molar-refractivity contribution in [2.24, 2.45) is 5.73 Å². The van der Waals surface area contributed by atoms with Crippen LogP contribution in [-0.4, -0.2) is 9.97 Å². The Kier molecular flexibility index (Phi) is 4.57. The summed E-state index contributed by atoms with van der Waals surface area (Å²) in [4.78, 5) is 8.74. The number of nitrogens with two attached hydrogens (primary N) is 1. The minimum Gasteiger partial charge on any atom is -0.454 e. The van der Waals surface area contributed by atoms with Gasteiger partial charge in [0.1, 0.15) is 17.3 Å². The van der Waals surface area contributed by atoms with E-state index < -0.39 is 0 Å². The van der Waals surface area contributed by atoms with E-state index in [4.69, 9.17) is 22.1 Å². The maximum absolute atomic E-state index is 6.00. The van der Waals surface area contributed by atoms with Crippen LogP contribution in [0.2, 0.25) is 5.02 Å². The molecule has 2 N–H and O–H groups in total. The Balaban J connectivity index is 2.30. The molecule has 1 aromatic heterocycles. The highest BCUT2D eigenvalue weighted by Crippen LogP contribution is 2.27. The minimum absolute atomic E-state index is 0.257. The number of rotatable bonds is 4. The van der Waals surface area contributed by atoms with Crippen molar-refractivity contribution in [3.05, 3.63) is 46.5 Å². The van der Waals surface area contributed by atoms with E-state index in [1.807, 2.05) is 32.9 Å². The average Bonchev–Trinajstić information content (AvgIpc) is 2.43. The SMILES string of the molecule is Cc1cc(Oc2cnc(C(C)C)nc2CN)ccc1Cl. The number of aromatic nitrogens is 2. The smallest absolute Gasteiger partial charge is 0.168 e. The van der Waals surface area contributed by atoms with Gasteiger partial charge in [-0.25, -0.2) is 9.97 Å². The molecular formula is C15H18ClN3O. The van der Waals surface area contributed by atoms with Crippen molar-refractivity contribution < 1.29 is 4.74 Å². The molecule has 0 bridgehead atoms. The zero-order valence-corrected chi connectivity index (χ0v) is 12.6. The Morgan fingerprint density at radius 1 is 1.35 bits per heavy atom. The Bertz CT molecular complexity index is 614. The highest BCUT2D eigenvalue weighted by molar-refractivity contribution is 6.31. The molecule has 0 unspecified atom stereocenters. The van der Waals surface area contributed by atoms with Crippen LogP contribution in [0.3, 0.4) is 0 Å². The van der Waals surface area contributed by atoms with Crippen LogP contribution in [0.5, 0.6) is 11.5 Å². The van der Waals surface area contributed by atoms with E-state index in [1.54, 1.807) is 12.3 Å². The number of aryl methyl sites for hydroxylation is 1. The Hall–Kier alpha value is -1.65. The summed E-state index contributed by atoms with van der Waals surface area (Å²) in [6.45, 7) is 6.32. The molecule has 2 aromatic rings. The number of benzene rings is 1. The molecule has 2 rings (SSSR count). The van der Waals surface area contributed by atoms with Crippen molar-refractivity contribution in [2.45, 2.75) is 33.2 Å². The molecule has 1 heterocycles. The Labute approximate surface area is 124 Å². The topological polar surface area (TPSA) is 61.0 Å². The minimum atomic E-state index is 0.257. The third kappa shape index (κ3) is 3.26. The quantitative estimate of drug-likeness (QED) is 0.930. The lowest BCUT2D eigenvalue weighted by Crippen LogP contribution is -2.07. The molecule has 0 radical (unpaired) electrons. The van der Waals surface area contributed by atoms with Gasteiger partial charge in [0.25, 0.3) is 0 Å². The van der Waals surface area contributed by atoms with Gasteiger partial charge < -0.3 is 10.5 Å². The maximum atomic E-state index is 6.00. The summed E-state index contributed by atoms with van der Waals surface area (Å²) in [5.41, 5.74) is 7.40. The molecule has 0 amide bonds. The molecule has 0 saturated heterocycles. The lowest BCUT2D eigenvalue weighted by atomic mass is 10.2. The maximum Gasteiger partial charge on any atom is 0.168 e. The standard InChI is InChI=1S/C15H18ClN3O/c1-9(2)15-18-8-14(13(7-17)19-15)20-11-4-5-12(16)10(3)6-11/h4-6,8-9H,7,17H2,1-3H3. The van der Waals surface area contributed by atoms with Crippen molar-refractivity contribution in [2.75, 3.05) is 0 Å². The van der Waals surface area contributed by atoms with E-state index >= 15 is 0 Å². The van der Waals surface area contributed by atoms with Crippen molar-refractivity contribution in [3.63, 3.8) is 0 Å². The van der Waals surface area contributed by atoms with Gasteiger partial charge in [-0.1, -0.05) is 25.4 Å². The van der Waals surface area contributed by atoms with Crippen LogP contribution < -0.4 is 10.5 Å². The first-order chi connectivity index (χ1) is 9.51. The molecule has 106 valence electrons. The Morgan fingerprint density at radius 2 is 2.10 bits per heavy atom. The number of halogens is 1. The van der Waals surface area contributed by atoms with E-state index in [0.717, 1.165) is 11.4 Å². The largest absolute Gasteiger partial charge is 0.454 e. The third-order valence-corrected chi connectivity index (χ3v) is 3.34. The van der Waals surface area contributed by atoms with Gasteiger partial charge in [-0.2, -0.15) is 0 Å². The monoisotopic (exact) mass is 291 g/mol. The highest BCUT2D eigenvalue weighted by atomic mass is 35.5. The predicted octanol–water partition coefficient (Wildman–Crippen LogP) is 3.81. The van der Waals surface area contributed by atoms with Crippen LogP contribution >= 0.6 is 11.6 Å².